The Morgan fingerprint density at radius 1 is 0.500 bits per heavy atom. The van der Waals surface area contributed by atoms with Crippen LogP contribution in [0, 0.1) is 0 Å². The van der Waals surface area contributed by atoms with E-state index in [0.29, 0.717) is 19.3 Å². The summed E-state index contributed by atoms with van der Waals surface area (Å²) < 4.78 is 5.91. The first kappa shape index (κ1) is 54.6. The summed E-state index contributed by atoms with van der Waals surface area (Å²) in [6.45, 7) is 6.46. The van der Waals surface area contributed by atoms with Crippen molar-refractivity contribution in [2.75, 3.05) is 6.61 Å². The summed E-state index contributed by atoms with van der Waals surface area (Å²) in [5.74, 6) is -0.476. The molecule has 1 amide bonds. The molecule has 0 heterocycles. The van der Waals surface area contributed by atoms with Crippen LogP contribution in [0.2, 0.25) is 0 Å². The van der Waals surface area contributed by atoms with Crippen molar-refractivity contribution < 1.29 is 24.5 Å². The Labute approximate surface area is 349 Å². The van der Waals surface area contributed by atoms with Crippen molar-refractivity contribution in [3.8, 4) is 0 Å². The zero-order valence-corrected chi connectivity index (χ0v) is 37.8. The van der Waals surface area contributed by atoms with E-state index in [4.69, 9.17) is 4.74 Å². The van der Waals surface area contributed by atoms with Gasteiger partial charge in [-0.2, -0.15) is 0 Å². The van der Waals surface area contributed by atoms with Crippen LogP contribution < -0.4 is 5.32 Å². The number of carbonyl (C=O) groups excluding carboxylic acids is 2. The van der Waals surface area contributed by atoms with Crippen molar-refractivity contribution in [2.45, 2.75) is 289 Å². The number of hydrogen-bond acceptors (Lipinski definition) is 5. The lowest BCUT2D eigenvalue weighted by Crippen LogP contribution is -2.46. The average molecular weight is 792 g/mol. The summed E-state index contributed by atoms with van der Waals surface area (Å²) >= 11 is 0. The smallest absolute Gasteiger partial charge is 0.306 e. The van der Waals surface area contributed by atoms with Crippen molar-refractivity contribution >= 4 is 11.9 Å². The lowest BCUT2D eigenvalue weighted by Gasteiger charge is -2.24. The lowest BCUT2D eigenvalue weighted by atomic mass is 10.0. The number of ether oxygens (including phenoxy) is 1. The van der Waals surface area contributed by atoms with Gasteiger partial charge in [-0.15, -0.1) is 0 Å². The van der Waals surface area contributed by atoms with Crippen LogP contribution in [0.25, 0.3) is 0 Å². The second-order valence-corrected chi connectivity index (χ2v) is 17.2. The molecule has 56 heavy (non-hydrogen) atoms. The molecule has 0 spiro atoms. The number of carbonyl (C=O) groups is 2. The van der Waals surface area contributed by atoms with Crippen molar-refractivity contribution in [1.29, 1.82) is 0 Å². The number of aliphatic hydroxyl groups excluding tert-OH is 2. The zero-order chi connectivity index (χ0) is 41.0. The molecule has 332 valence electrons. The normalized spacial score (nSPS) is 13.3. The molecule has 6 heteroatoms. The first-order valence-electron chi connectivity index (χ1n) is 24.9. The number of allylic oxidation sites excluding steroid dienone is 2. The van der Waals surface area contributed by atoms with Gasteiger partial charge in [0.25, 0.3) is 0 Å². The Bertz CT molecular complexity index is 847. The number of rotatable bonds is 45. The molecule has 6 nitrogen and oxygen atoms in total. The van der Waals surface area contributed by atoms with E-state index in [1.807, 2.05) is 0 Å². The Morgan fingerprint density at radius 2 is 0.857 bits per heavy atom. The standard InChI is InChI=1S/C50H97NO5/c1-4-7-10-13-16-19-22-24-25-26-28-31-34-37-40-43-50(55)56-46(41-38-35-32-29-21-18-15-12-9-6-3)44-49(54)51-47(45-52)48(53)42-39-36-33-30-27-23-20-17-14-11-8-5-2/h18,21,46-48,52-53H,4-17,19-20,22-45H2,1-3H3,(H,51,54)/b21-18-. The maximum atomic E-state index is 13.1. The molecule has 3 atom stereocenters. The molecular formula is C50H97NO5. The Morgan fingerprint density at radius 3 is 1.30 bits per heavy atom. The molecule has 0 rings (SSSR count). The van der Waals surface area contributed by atoms with Crippen LogP contribution in [0.5, 0.6) is 0 Å². The predicted molar refractivity (Wildman–Crippen MR) is 241 cm³/mol. The molecule has 0 saturated carbocycles. The van der Waals surface area contributed by atoms with Gasteiger partial charge in [0.15, 0.2) is 0 Å². The highest BCUT2D eigenvalue weighted by atomic mass is 16.5. The highest BCUT2D eigenvalue weighted by Gasteiger charge is 2.24. The summed E-state index contributed by atoms with van der Waals surface area (Å²) in [5.41, 5.74) is 0. The van der Waals surface area contributed by atoms with Crippen molar-refractivity contribution in [3.63, 3.8) is 0 Å². The summed E-state index contributed by atoms with van der Waals surface area (Å²) in [5, 5.41) is 23.7. The molecule has 0 aliphatic rings. The molecule has 3 N–H and O–H groups in total. The number of aliphatic hydroxyl groups is 2. The van der Waals surface area contributed by atoms with Gasteiger partial charge in [0.1, 0.15) is 6.10 Å². The summed E-state index contributed by atoms with van der Waals surface area (Å²) in [6.07, 6.45) is 48.4. The first-order chi connectivity index (χ1) is 27.5. The van der Waals surface area contributed by atoms with Gasteiger partial charge in [0.2, 0.25) is 5.91 Å². The molecule has 0 aliphatic heterocycles. The van der Waals surface area contributed by atoms with Gasteiger partial charge < -0.3 is 20.3 Å². The fourth-order valence-electron chi connectivity index (χ4n) is 7.78. The number of hydrogen-bond donors (Lipinski definition) is 3. The number of esters is 1. The summed E-state index contributed by atoms with van der Waals surface area (Å²) in [7, 11) is 0. The van der Waals surface area contributed by atoms with E-state index < -0.39 is 18.2 Å². The Balaban J connectivity index is 4.49. The van der Waals surface area contributed by atoms with Crippen LogP contribution in [-0.4, -0.2) is 46.9 Å². The van der Waals surface area contributed by atoms with E-state index in [1.54, 1.807) is 0 Å². The van der Waals surface area contributed by atoms with E-state index in [-0.39, 0.29) is 24.9 Å². The summed E-state index contributed by atoms with van der Waals surface area (Å²) in [6, 6.07) is -0.698. The monoisotopic (exact) mass is 792 g/mol. The minimum Gasteiger partial charge on any atom is -0.462 e. The molecule has 0 fully saturated rings. The van der Waals surface area contributed by atoms with E-state index in [9.17, 15) is 19.8 Å². The molecule has 0 radical (unpaired) electrons. The Kier molecular flexibility index (Phi) is 43.6. The minimum atomic E-state index is -0.784. The SMILES string of the molecule is CCCCC/C=C\CCCCCC(CC(=O)NC(CO)C(O)CCCCCCCCCCCCCC)OC(=O)CCCCCCCCCCCCCCCCC. The topological polar surface area (TPSA) is 95.9 Å². The van der Waals surface area contributed by atoms with Crippen LogP contribution in [0.4, 0.5) is 0 Å². The fourth-order valence-corrected chi connectivity index (χ4v) is 7.78. The third-order valence-corrected chi connectivity index (χ3v) is 11.6. The van der Waals surface area contributed by atoms with E-state index >= 15 is 0 Å². The van der Waals surface area contributed by atoms with Gasteiger partial charge in [-0.05, 0) is 51.4 Å². The van der Waals surface area contributed by atoms with E-state index in [0.717, 1.165) is 64.2 Å². The predicted octanol–water partition coefficient (Wildman–Crippen LogP) is 14.6. The van der Waals surface area contributed by atoms with E-state index in [1.165, 1.54) is 161 Å². The second kappa shape index (κ2) is 44.7. The van der Waals surface area contributed by atoms with Gasteiger partial charge in [-0.1, -0.05) is 219 Å². The maximum Gasteiger partial charge on any atom is 0.306 e. The van der Waals surface area contributed by atoms with Gasteiger partial charge >= 0.3 is 5.97 Å². The van der Waals surface area contributed by atoms with Gasteiger partial charge in [-0.25, -0.2) is 0 Å². The Hall–Kier alpha value is -1.40. The van der Waals surface area contributed by atoms with Crippen LogP contribution in [0.15, 0.2) is 12.2 Å². The number of amides is 1. The zero-order valence-electron chi connectivity index (χ0n) is 37.8. The molecule has 0 aromatic heterocycles. The van der Waals surface area contributed by atoms with Crippen LogP contribution in [0.3, 0.4) is 0 Å². The fraction of sp³-hybridized carbons (Fsp3) is 0.920. The van der Waals surface area contributed by atoms with Crippen molar-refractivity contribution in [3.05, 3.63) is 12.2 Å². The minimum absolute atomic E-state index is 0.0732. The molecule has 0 bridgehead atoms. The highest BCUT2D eigenvalue weighted by molar-refractivity contribution is 5.77. The van der Waals surface area contributed by atoms with Crippen LogP contribution in [0.1, 0.15) is 271 Å². The van der Waals surface area contributed by atoms with Crippen molar-refractivity contribution in [2.24, 2.45) is 0 Å². The summed E-state index contributed by atoms with van der Waals surface area (Å²) in [4.78, 5) is 26.0. The largest absolute Gasteiger partial charge is 0.462 e. The third kappa shape index (κ3) is 39.4. The highest BCUT2D eigenvalue weighted by Crippen LogP contribution is 2.18. The third-order valence-electron chi connectivity index (χ3n) is 11.6. The van der Waals surface area contributed by atoms with Crippen molar-refractivity contribution in [1.82, 2.24) is 5.32 Å². The lowest BCUT2D eigenvalue weighted by molar-refractivity contribution is -0.151. The molecular weight excluding hydrogens is 695 g/mol. The maximum absolute atomic E-state index is 13.1. The average Bonchev–Trinajstić information content (AvgIpc) is 3.19. The van der Waals surface area contributed by atoms with E-state index in [2.05, 4.69) is 38.2 Å². The molecule has 0 aromatic rings. The number of unbranched alkanes of at least 4 members (excludes halogenated alkanes) is 31. The first-order valence-corrected chi connectivity index (χ1v) is 24.9. The molecule has 0 aromatic carbocycles. The van der Waals surface area contributed by atoms with Gasteiger partial charge in [0.05, 0.1) is 25.2 Å². The van der Waals surface area contributed by atoms with Crippen LogP contribution >= 0.6 is 0 Å². The molecule has 3 unspecified atom stereocenters. The second-order valence-electron chi connectivity index (χ2n) is 17.2. The van der Waals surface area contributed by atoms with Gasteiger partial charge in [-0.3, -0.25) is 9.59 Å². The van der Waals surface area contributed by atoms with Crippen LogP contribution in [-0.2, 0) is 14.3 Å². The molecule has 0 aliphatic carbocycles. The van der Waals surface area contributed by atoms with Gasteiger partial charge in [0, 0.05) is 6.42 Å². The number of nitrogens with one attached hydrogen (secondary N) is 1. The molecule has 0 saturated heterocycles. The quantitative estimate of drug-likeness (QED) is 0.0324.